The minimum absolute atomic E-state index is 0.0560. The van der Waals surface area contributed by atoms with Crippen molar-refractivity contribution in [3.8, 4) is 11.8 Å². The number of fused-ring (bicyclic) bond motifs is 2. The largest absolute Gasteiger partial charge is 0.452 e. The van der Waals surface area contributed by atoms with E-state index in [1.165, 1.54) is 0 Å². The fraction of sp³-hybridized carbons (Fsp3) is 0.273. The molecule has 0 aromatic rings. The Labute approximate surface area is 82.1 Å². The highest BCUT2D eigenvalue weighted by Crippen LogP contribution is 2.30. The molecule has 3 aliphatic rings. The van der Waals surface area contributed by atoms with Crippen LogP contribution in [0.2, 0.25) is 0 Å². The van der Waals surface area contributed by atoms with Crippen molar-refractivity contribution in [3.05, 3.63) is 34.9 Å². The molecule has 70 valence electrons. The van der Waals surface area contributed by atoms with E-state index < -0.39 is 0 Å². The topological polar surface area (TPSA) is 30.5 Å². The van der Waals surface area contributed by atoms with Crippen molar-refractivity contribution in [3.63, 3.8) is 0 Å². The van der Waals surface area contributed by atoms with Crippen LogP contribution in [0.3, 0.4) is 0 Å². The van der Waals surface area contributed by atoms with Gasteiger partial charge in [-0.05, 0) is 18.9 Å². The number of dihydropyridines is 1. The lowest BCUT2D eigenvalue weighted by atomic mass is 9.97. The Bertz CT molecular complexity index is 446. The van der Waals surface area contributed by atoms with Gasteiger partial charge in [-0.15, -0.1) is 0 Å². The number of nitrogens with one attached hydrogen (secondary N) is 1. The fourth-order valence-corrected chi connectivity index (χ4v) is 1.71. The molecule has 14 heavy (non-hydrogen) atoms. The van der Waals surface area contributed by atoms with Crippen LogP contribution in [-0.4, -0.2) is 12.8 Å². The second-order valence-corrected chi connectivity index (χ2v) is 3.38. The van der Waals surface area contributed by atoms with Crippen molar-refractivity contribution in [2.75, 3.05) is 6.79 Å². The summed E-state index contributed by atoms with van der Waals surface area (Å²) in [4.78, 5) is 0. The molecule has 2 aliphatic heterocycles. The van der Waals surface area contributed by atoms with Gasteiger partial charge >= 0.3 is 0 Å². The van der Waals surface area contributed by atoms with Crippen molar-refractivity contribution in [1.29, 1.82) is 0 Å². The zero-order valence-electron chi connectivity index (χ0n) is 7.76. The zero-order valence-corrected chi connectivity index (χ0v) is 7.76. The van der Waals surface area contributed by atoms with E-state index in [1.807, 2.05) is 19.1 Å². The van der Waals surface area contributed by atoms with Crippen molar-refractivity contribution < 1.29 is 9.47 Å². The third-order valence-electron chi connectivity index (χ3n) is 2.40. The second kappa shape index (κ2) is 2.58. The molecule has 2 heterocycles. The van der Waals surface area contributed by atoms with Crippen molar-refractivity contribution in [2.24, 2.45) is 0 Å². The standard InChI is InChI=1S/C11H9NO2/c1-7-2-3-8-9(12-7)4-5-10-11(8)14-6-13-10/h2-3,9,12H,6H2,1H3. The summed E-state index contributed by atoms with van der Waals surface area (Å²) in [5.74, 6) is 7.51. The maximum Gasteiger partial charge on any atom is 0.232 e. The molecule has 0 saturated carbocycles. The molecule has 3 heteroatoms. The summed E-state index contributed by atoms with van der Waals surface area (Å²) in [6, 6.07) is 0.0560. The third kappa shape index (κ3) is 0.942. The smallest absolute Gasteiger partial charge is 0.232 e. The SMILES string of the molecule is CC1=CC=C2C3=C(C#CC2N1)OCO3. The van der Waals surface area contributed by atoms with E-state index in [0.717, 1.165) is 17.0 Å². The number of rotatable bonds is 0. The third-order valence-corrected chi connectivity index (χ3v) is 2.40. The van der Waals surface area contributed by atoms with E-state index in [4.69, 9.17) is 9.47 Å². The maximum absolute atomic E-state index is 5.38. The highest BCUT2D eigenvalue weighted by molar-refractivity contribution is 5.53. The summed E-state index contributed by atoms with van der Waals surface area (Å²) < 4.78 is 10.6. The predicted molar refractivity (Wildman–Crippen MR) is 50.6 cm³/mol. The van der Waals surface area contributed by atoms with Gasteiger partial charge in [-0.25, -0.2) is 0 Å². The molecular weight excluding hydrogens is 178 g/mol. The van der Waals surface area contributed by atoms with Gasteiger partial charge in [-0.3, -0.25) is 0 Å². The Hall–Kier alpha value is -1.82. The Morgan fingerprint density at radius 2 is 2.36 bits per heavy atom. The van der Waals surface area contributed by atoms with Gasteiger partial charge in [0, 0.05) is 11.3 Å². The molecule has 0 saturated heterocycles. The molecule has 1 N–H and O–H groups in total. The van der Waals surface area contributed by atoms with E-state index in [-0.39, 0.29) is 12.8 Å². The molecule has 0 amide bonds. The van der Waals surface area contributed by atoms with Gasteiger partial charge in [0.25, 0.3) is 0 Å². The highest BCUT2D eigenvalue weighted by Gasteiger charge is 2.29. The summed E-state index contributed by atoms with van der Waals surface area (Å²) in [5.41, 5.74) is 2.19. The summed E-state index contributed by atoms with van der Waals surface area (Å²) in [6.07, 6.45) is 4.06. The molecule has 0 radical (unpaired) electrons. The molecule has 0 fully saturated rings. The minimum atomic E-state index is 0.0560. The van der Waals surface area contributed by atoms with E-state index >= 15 is 0 Å². The van der Waals surface area contributed by atoms with Gasteiger partial charge in [0.15, 0.2) is 5.76 Å². The lowest BCUT2D eigenvalue weighted by molar-refractivity contribution is 0.0774. The first-order valence-electron chi connectivity index (χ1n) is 4.51. The Kier molecular flexibility index (Phi) is 1.40. The normalized spacial score (nSPS) is 26.8. The van der Waals surface area contributed by atoms with E-state index in [1.54, 1.807) is 0 Å². The minimum Gasteiger partial charge on any atom is -0.452 e. The van der Waals surface area contributed by atoms with Gasteiger partial charge in [0.05, 0.1) is 0 Å². The van der Waals surface area contributed by atoms with E-state index in [0.29, 0.717) is 5.76 Å². The predicted octanol–water partition coefficient (Wildman–Crippen LogP) is 1.02. The molecule has 1 aliphatic carbocycles. The maximum atomic E-state index is 5.38. The lowest BCUT2D eigenvalue weighted by Crippen LogP contribution is -2.32. The molecular formula is C11H9NO2. The molecule has 1 atom stereocenters. The zero-order chi connectivity index (χ0) is 9.54. The van der Waals surface area contributed by atoms with Crippen molar-refractivity contribution >= 4 is 0 Å². The van der Waals surface area contributed by atoms with Gasteiger partial charge in [0.2, 0.25) is 12.6 Å². The molecule has 0 bridgehead atoms. The molecule has 0 spiro atoms. The van der Waals surface area contributed by atoms with Crippen LogP contribution >= 0.6 is 0 Å². The van der Waals surface area contributed by atoms with Crippen LogP contribution in [0.5, 0.6) is 0 Å². The van der Waals surface area contributed by atoms with E-state index in [9.17, 15) is 0 Å². The van der Waals surface area contributed by atoms with Crippen LogP contribution in [0.4, 0.5) is 0 Å². The number of hydrogen-bond acceptors (Lipinski definition) is 3. The van der Waals surface area contributed by atoms with Gasteiger partial charge in [-0.1, -0.05) is 12.0 Å². The van der Waals surface area contributed by atoms with Crippen molar-refractivity contribution in [1.82, 2.24) is 5.32 Å². The van der Waals surface area contributed by atoms with Crippen molar-refractivity contribution in [2.45, 2.75) is 13.0 Å². The first-order valence-corrected chi connectivity index (χ1v) is 4.51. The van der Waals surface area contributed by atoms with Crippen LogP contribution in [0, 0.1) is 11.8 Å². The van der Waals surface area contributed by atoms with E-state index in [2.05, 4.69) is 17.2 Å². The number of ether oxygens (including phenoxy) is 2. The van der Waals surface area contributed by atoms with Gasteiger partial charge < -0.3 is 14.8 Å². The molecule has 0 aromatic heterocycles. The Morgan fingerprint density at radius 1 is 1.43 bits per heavy atom. The van der Waals surface area contributed by atoms with Gasteiger partial charge in [-0.2, -0.15) is 0 Å². The summed E-state index contributed by atoms with van der Waals surface area (Å²) in [7, 11) is 0. The number of hydrogen-bond donors (Lipinski definition) is 1. The van der Waals surface area contributed by atoms with Crippen LogP contribution in [0.25, 0.3) is 0 Å². The highest BCUT2D eigenvalue weighted by atomic mass is 16.7. The average molecular weight is 187 g/mol. The van der Waals surface area contributed by atoms with Crippen LogP contribution in [0.15, 0.2) is 34.9 Å². The lowest BCUT2D eigenvalue weighted by Gasteiger charge is -2.23. The Morgan fingerprint density at radius 3 is 3.29 bits per heavy atom. The van der Waals surface area contributed by atoms with Crippen LogP contribution < -0.4 is 5.32 Å². The second-order valence-electron chi connectivity index (χ2n) is 3.38. The summed E-state index contributed by atoms with van der Waals surface area (Å²) in [5, 5.41) is 3.28. The molecule has 3 nitrogen and oxygen atoms in total. The molecule has 1 unspecified atom stereocenters. The van der Waals surface area contributed by atoms with Gasteiger partial charge in [0.1, 0.15) is 6.04 Å². The van der Waals surface area contributed by atoms with Crippen LogP contribution in [-0.2, 0) is 9.47 Å². The Balaban J connectivity index is 2.09. The first-order chi connectivity index (χ1) is 6.84. The molecule has 0 aromatic carbocycles. The quantitative estimate of drug-likeness (QED) is 0.574. The fourth-order valence-electron chi connectivity index (χ4n) is 1.71. The summed E-state index contributed by atoms with van der Waals surface area (Å²) in [6.45, 7) is 2.30. The average Bonchev–Trinajstić information content (AvgIpc) is 2.65. The summed E-state index contributed by atoms with van der Waals surface area (Å²) >= 11 is 0. The first kappa shape index (κ1) is 7.57. The monoisotopic (exact) mass is 187 g/mol. The van der Waals surface area contributed by atoms with Crippen LogP contribution in [0.1, 0.15) is 6.92 Å². The number of allylic oxidation sites excluding steroid dienone is 4. The molecule has 3 rings (SSSR count).